The third-order valence-electron chi connectivity index (χ3n) is 2.54. The van der Waals surface area contributed by atoms with Gasteiger partial charge < -0.3 is 0 Å². The molecule has 1 amide bonds. The second-order valence-electron chi connectivity index (χ2n) is 4.35. The first kappa shape index (κ1) is 14.6. The minimum Gasteiger partial charge on any atom is -0.298 e. The molecule has 0 bridgehead atoms. The van der Waals surface area contributed by atoms with E-state index in [1.54, 1.807) is 12.1 Å². The smallest absolute Gasteiger partial charge is 0.258 e. The first-order valence-corrected chi connectivity index (χ1v) is 7.84. The minimum atomic E-state index is -0.192. The van der Waals surface area contributed by atoms with Crippen molar-refractivity contribution < 1.29 is 4.79 Å². The lowest BCUT2D eigenvalue weighted by Crippen LogP contribution is -2.12. The van der Waals surface area contributed by atoms with Gasteiger partial charge in [-0.1, -0.05) is 29.8 Å². The number of thiol groups is 1. The standard InChI is InChI=1S/C13H13BrN2OS2/c1-7(2)10-6-19-13(15-10)16-12(17)9-4-3-8(14)5-11(9)18/h3-7,18H,1-2H3,(H,15,16,17). The van der Waals surface area contributed by atoms with Crippen molar-refractivity contribution in [3.05, 3.63) is 39.3 Å². The van der Waals surface area contributed by atoms with E-state index < -0.39 is 0 Å². The van der Waals surface area contributed by atoms with Crippen LogP contribution in [0.4, 0.5) is 5.13 Å². The Hall–Kier alpha value is -0.850. The summed E-state index contributed by atoms with van der Waals surface area (Å²) in [5.74, 6) is 0.164. The molecule has 1 aromatic heterocycles. The Balaban J connectivity index is 2.16. The number of aromatic nitrogens is 1. The quantitative estimate of drug-likeness (QED) is 0.790. The first-order chi connectivity index (χ1) is 8.97. The average Bonchev–Trinajstić information content (AvgIpc) is 2.77. The minimum absolute atomic E-state index is 0.192. The number of nitrogens with one attached hydrogen (secondary N) is 1. The van der Waals surface area contributed by atoms with Crippen LogP contribution in [0, 0.1) is 0 Å². The van der Waals surface area contributed by atoms with Crippen molar-refractivity contribution in [2.45, 2.75) is 24.7 Å². The fourth-order valence-electron chi connectivity index (χ4n) is 1.47. The van der Waals surface area contributed by atoms with E-state index in [4.69, 9.17) is 0 Å². The van der Waals surface area contributed by atoms with Crippen molar-refractivity contribution in [2.24, 2.45) is 0 Å². The summed E-state index contributed by atoms with van der Waals surface area (Å²) in [6.07, 6.45) is 0. The van der Waals surface area contributed by atoms with Gasteiger partial charge in [-0.25, -0.2) is 4.98 Å². The van der Waals surface area contributed by atoms with Crippen molar-refractivity contribution in [2.75, 3.05) is 5.32 Å². The van der Waals surface area contributed by atoms with Crippen molar-refractivity contribution in [1.82, 2.24) is 4.98 Å². The van der Waals surface area contributed by atoms with Crippen LogP contribution in [-0.4, -0.2) is 10.9 Å². The van der Waals surface area contributed by atoms with Gasteiger partial charge in [-0.3, -0.25) is 10.1 Å². The molecule has 0 fully saturated rings. The average molecular weight is 357 g/mol. The number of benzene rings is 1. The van der Waals surface area contributed by atoms with Crippen LogP contribution < -0.4 is 5.32 Å². The highest BCUT2D eigenvalue weighted by Gasteiger charge is 2.13. The predicted octanol–water partition coefficient (Wildman–Crippen LogP) is 4.57. The summed E-state index contributed by atoms with van der Waals surface area (Å²) in [4.78, 5) is 17.1. The maximum atomic E-state index is 12.1. The van der Waals surface area contributed by atoms with Crippen LogP contribution in [0.3, 0.4) is 0 Å². The number of nitrogens with zero attached hydrogens (tertiary/aromatic N) is 1. The normalized spacial score (nSPS) is 10.8. The van der Waals surface area contributed by atoms with E-state index in [9.17, 15) is 4.79 Å². The fourth-order valence-corrected chi connectivity index (χ4v) is 3.19. The number of rotatable bonds is 3. The molecule has 0 unspecified atom stereocenters. The van der Waals surface area contributed by atoms with Gasteiger partial charge in [0.15, 0.2) is 5.13 Å². The number of hydrogen-bond donors (Lipinski definition) is 2. The third kappa shape index (κ3) is 3.58. The summed E-state index contributed by atoms with van der Waals surface area (Å²) in [7, 11) is 0. The van der Waals surface area contributed by atoms with Gasteiger partial charge in [-0.15, -0.1) is 24.0 Å². The summed E-state index contributed by atoms with van der Waals surface area (Å²) < 4.78 is 0.894. The van der Waals surface area contributed by atoms with Gasteiger partial charge in [-0.2, -0.15) is 0 Å². The van der Waals surface area contributed by atoms with Crippen LogP contribution in [0.2, 0.25) is 0 Å². The number of carbonyl (C=O) groups is 1. The molecule has 2 rings (SSSR count). The Morgan fingerprint density at radius 3 is 2.79 bits per heavy atom. The molecule has 0 radical (unpaired) electrons. The molecule has 0 aliphatic rings. The highest BCUT2D eigenvalue weighted by molar-refractivity contribution is 9.10. The molecule has 3 nitrogen and oxygen atoms in total. The predicted molar refractivity (Wildman–Crippen MR) is 85.6 cm³/mol. The molecule has 1 aromatic carbocycles. The zero-order valence-electron chi connectivity index (χ0n) is 10.5. The summed E-state index contributed by atoms with van der Waals surface area (Å²) in [6.45, 7) is 4.14. The number of hydrogen-bond acceptors (Lipinski definition) is 4. The Morgan fingerprint density at radius 1 is 1.47 bits per heavy atom. The summed E-state index contributed by atoms with van der Waals surface area (Å²) in [5, 5.41) is 5.37. The van der Waals surface area contributed by atoms with Gasteiger partial charge >= 0.3 is 0 Å². The number of amides is 1. The zero-order valence-corrected chi connectivity index (χ0v) is 13.8. The summed E-state index contributed by atoms with van der Waals surface area (Å²) in [5.41, 5.74) is 1.52. The molecule has 100 valence electrons. The molecule has 0 saturated heterocycles. The largest absolute Gasteiger partial charge is 0.298 e. The Kier molecular flexibility index (Phi) is 4.65. The molecule has 0 aliphatic carbocycles. The van der Waals surface area contributed by atoms with Crippen LogP contribution >= 0.6 is 39.9 Å². The number of anilines is 1. The summed E-state index contributed by atoms with van der Waals surface area (Å²) >= 11 is 9.08. The third-order valence-corrected chi connectivity index (χ3v) is 4.18. The molecule has 0 saturated carbocycles. The van der Waals surface area contributed by atoms with E-state index in [0.29, 0.717) is 21.5 Å². The highest BCUT2D eigenvalue weighted by atomic mass is 79.9. The van der Waals surface area contributed by atoms with Gasteiger partial charge in [0.25, 0.3) is 5.91 Å². The summed E-state index contributed by atoms with van der Waals surface area (Å²) in [6, 6.07) is 5.34. The molecule has 0 atom stereocenters. The van der Waals surface area contributed by atoms with Gasteiger partial charge in [0.2, 0.25) is 0 Å². The van der Waals surface area contributed by atoms with Crippen LogP contribution in [0.15, 0.2) is 32.9 Å². The second kappa shape index (κ2) is 6.07. The Labute approximate surface area is 130 Å². The van der Waals surface area contributed by atoms with E-state index in [-0.39, 0.29) is 5.91 Å². The van der Waals surface area contributed by atoms with Crippen LogP contribution in [-0.2, 0) is 0 Å². The zero-order chi connectivity index (χ0) is 14.0. The fraction of sp³-hybridized carbons (Fsp3) is 0.231. The van der Waals surface area contributed by atoms with Crippen molar-refractivity contribution in [1.29, 1.82) is 0 Å². The SMILES string of the molecule is CC(C)c1csc(NC(=O)c2ccc(Br)cc2S)n1. The van der Waals surface area contributed by atoms with E-state index in [1.807, 2.05) is 11.4 Å². The first-order valence-electron chi connectivity index (χ1n) is 5.72. The van der Waals surface area contributed by atoms with Gasteiger partial charge in [-0.05, 0) is 24.1 Å². The maximum Gasteiger partial charge on any atom is 0.258 e. The van der Waals surface area contributed by atoms with E-state index in [0.717, 1.165) is 10.2 Å². The van der Waals surface area contributed by atoms with Crippen molar-refractivity contribution in [3.8, 4) is 0 Å². The number of thiazole rings is 1. The molecular formula is C13H13BrN2OS2. The topological polar surface area (TPSA) is 42.0 Å². The number of halogens is 1. The molecule has 1 N–H and O–H groups in total. The lowest BCUT2D eigenvalue weighted by atomic mass is 10.2. The molecule has 0 aliphatic heterocycles. The van der Waals surface area contributed by atoms with Crippen molar-refractivity contribution >= 4 is 50.9 Å². The Bertz CT molecular complexity index is 610. The van der Waals surface area contributed by atoms with Gasteiger partial charge in [0.1, 0.15) is 0 Å². The molecule has 0 spiro atoms. The van der Waals surface area contributed by atoms with E-state index >= 15 is 0 Å². The van der Waals surface area contributed by atoms with Gasteiger partial charge in [0.05, 0.1) is 11.3 Å². The maximum absolute atomic E-state index is 12.1. The second-order valence-corrected chi connectivity index (χ2v) is 6.60. The van der Waals surface area contributed by atoms with E-state index in [1.165, 1.54) is 11.3 Å². The van der Waals surface area contributed by atoms with Crippen molar-refractivity contribution in [3.63, 3.8) is 0 Å². The molecular weight excluding hydrogens is 344 g/mol. The van der Waals surface area contributed by atoms with E-state index in [2.05, 4.69) is 52.7 Å². The Morgan fingerprint density at radius 2 is 2.21 bits per heavy atom. The lowest BCUT2D eigenvalue weighted by molar-refractivity contribution is 0.102. The van der Waals surface area contributed by atoms with Crippen LogP contribution in [0.1, 0.15) is 35.8 Å². The van der Waals surface area contributed by atoms with Gasteiger partial charge in [0, 0.05) is 14.7 Å². The monoisotopic (exact) mass is 356 g/mol. The van der Waals surface area contributed by atoms with Crippen LogP contribution in [0.5, 0.6) is 0 Å². The molecule has 1 heterocycles. The lowest BCUT2D eigenvalue weighted by Gasteiger charge is -2.05. The molecule has 19 heavy (non-hydrogen) atoms. The van der Waals surface area contributed by atoms with Crippen LogP contribution in [0.25, 0.3) is 0 Å². The highest BCUT2D eigenvalue weighted by Crippen LogP contribution is 2.24. The number of carbonyl (C=O) groups excluding carboxylic acids is 1. The molecule has 6 heteroatoms. The molecule has 2 aromatic rings.